The summed E-state index contributed by atoms with van der Waals surface area (Å²) in [6.45, 7) is 0. The maximum absolute atomic E-state index is 11.9. The molecule has 2 rings (SSSR count). The first kappa shape index (κ1) is 14.7. The monoisotopic (exact) mass is 310 g/mol. The van der Waals surface area contributed by atoms with Crippen molar-refractivity contribution in [3.8, 4) is 0 Å². The summed E-state index contributed by atoms with van der Waals surface area (Å²) in [5.41, 5.74) is 0.613. The molecule has 0 fully saturated rings. The van der Waals surface area contributed by atoms with Gasteiger partial charge in [-0.25, -0.2) is 9.78 Å². The van der Waals surface area contributed by atoms with Crippen LogP contribution in [0.5, 0.6) is 0 Å². The molecule has 110 valence electrons. The van der Waals surface area contributed by atoms with Crippen LogP contribution in [-0.2, 0) is 11.2 Å². The molecule has 0 radical (unpaired) electrons. The van der Waals surface area contributed by atoms with Crippen molar-refractivity contribution in [2.24, 2.45) is 0 Å². The van der Waals surface area contributed by atoms with Gasteiger partial charge in [-0.05, 0) is 0 Å². The van der Waals surface area contributed by atoms with E-state index in [4.69, 9.17) is 5.11 Å². The largest absolute Gasteiger partial charge is 0.480 e. The SMILES string of the molecule is O=C(NC(Cc1cnc[nH]1)C(=O)O)c1csc([N+](=O)[O-])c1. The molecular weight excluding hydrogens is 300 g/mol. The number of carboxylic acids is 1. The van der Waals surface area contributed by atoms with Crippen molar-refractivity contribution < 1.29 is 19.6 Å². The van der Waals surface area contributed by atoms with E-state index in [1.54, 1.807) is 0 Å². The standard InChI is InChI=1S/C11H10N4O5S/c16-10(6-1-9(15(19)20)21-4-6)14-8(11(17)18)2-7-3-12-5-13-7/h1,3-5,8H,2H2,(H,12,13)(H,14,16)(H,17,18). The van der Waals surface area contributed by atoms with Gasteiger partial charge in [0.05, 0.1) is 16.8 Å². The fourth-order valence-electron chi connectivity index (χ4n) is 1.60. The predicted octanol–water partition coefficient (Wildman–Crippen LogP) is 0.805. The van der Waals surface area contributed by atoms with Crippen molar-refractivity contribution in [3.63, 3.8) is 0 Å². The van der Waals surface area contributed by atoms with E-state index >= 15 is 0 Å². The minimum Gasteiger partial charge on any atom is -0.480 e. The number of carbonyl (C=O) groups is 2. The Balaban J connectivity index is 2.07. The lowest BCUT2D eigenvalue weighted by Crippen LogP contribution is -2.42. The van der Waals surface area contributed by atoms with E-state index in [0.29, 0.717) is 5.69 Å². The average molecular weight is 310 g/mol. The molecular formula is C11H10N4O5S. The van der Waals surface area contributed by atoms with Crippen LogP contribution in [0.1, 0.15) is 16.1 Å². The molecule has 2 aromatic rings. The van der Waals surface area contributed by atoms with E-state index in [0.717, 1.165) is 17.4 Å². The van der Waals surface area contributed by atoms with Crippen LogP contribution in [-0.4, -0.2) is 37.9 Å². The van der Waals surface area contributed by atoms with E-state index in [9.17, 15) is 19.7 Å². The Hall–Kier alpha value is -2.75. The van der Waals surface area contributed by atoms with Gasteiger partial charge in [-0.3, -0.25) is 14.9 Å². The molecule has 0 aromatic carbocycles. The van der Waals surface area contributed by atoms with Crippen molar-refractivity contribution in [3.05, 3.63) is 45.3 Å². The summed E-state index contributed by atoms with van der Waals surface area (Å²) >= 11 is 0.803. The van der Waals surface area contributed by atoms with Gasteiger partial charge in [0.2, 0.25) is 0 Å². The van der Waals surface area contributed by atoms with Crippen molar-refractivity contribution >= 4 is 28.2 Å². The summed E-state index contributed by atoms with van der Waals surface area (Å²) in [5.74, 6) is -1.88. The summed E-state index contributed by atoms with van der Waals surface area (Å²) in [4.78, 5) is 39.5. The molecule has 0 bridgehead atoms. The van der Waals surface area contributed by atoms with Crippen LogP contribution in [0.4, 0.5) is 5.00 Å². The number of imidazole rings is 1. The number of nitro groups is 1. The molecule has 1 amide bonds. The van der Waals surface area contributed by atoms with Gasteiger partial charge in [0, 0.05) is 29.8 Å². The van der Waals surface area contributed by atoms with Gasteiger partial charge < -0.3 is 15.4 Å². The zero-order valence-electron chi connectivity index (χ0n) is 10.5. The molecule has 2 aromatic heterocycles. The Morgan fingerprint density at radius 3 is 2.86 bits per heavy atom. The highest BCUT2D eigenvalue weighted by Gasteiger charge is 2.23. The van der Waals surface area contributed by atoms with Crippen LogP contribution in [0.25, 0.3) is 0 Å². The molecule has 3 N–H and O–H groups in total. The first-order chi connectivity index (χ1) is 9.97. The minimum absolute atomic E-state index is 0.0350. The first-order valence-electron chi connectivity index (χ1n) is 5.71. The van der Waals surface area contributed by atoms with Crippen LogP contribution >= 0.6 is 11.3 Å². The average Bonchev–Trinajstić information content (AvgIpc) is 3.08. The molecule has 0 aliphatic rings. The van der Waals surface area contributed by atoms with Crippen molar-refractivity contribution in [1.29, 1.82) is 0 Å². The number of aliphatic carboxylic acids is 1. The Morgan fingerprint density at radius 1 is 1.57 bits per heavy atom. The van der Waals surface area contributed by atoms with E-state index in [1.165, 1.54) is 17.9 Å². The number of rotatable bonds is 6. The number of aromatic amines is 1. The van der Waals surface area contributed by atoms with Crippen LogP contribution in [0, 0.1) is 10.1 Å². The molecule has 0 spiro atoms. The topological polar surface area (TPSA) is 138 Å². The third-order valence-corrected chi connectivity index (χ3v) is 3.49. The maximum atomic E-state index is 11.9. The zero-order chi connectivity index (χ0) is 15.4. The van der Waals surface area contributed by atoms with E-state index in [1.807, 2.05) is 0 Å². The second-order valence-corrected chi connectivity index (χ2v) is 4.97. The quantitative estimate of drug-likeness (QED) is 0.533. The maximum Gasteiger partial charge on any atom is 0.326 e. The smallest absolute Gasteiger partial charge is 0.326 e. The lowest BCUT2D eigenvalue weighted by molar-refractivity contribution is -0.380. The molecule has 9 nitrogen and oxygen atoms in total. The number of hydrogen-bond acceptors (Lipinski definition) is 6. The van der Waals surface area contributed by atoms with Gasteiger partial charge in [0.1, 0.15) is 6.04 Å². The zero-order valence-corrected chi connectivity index (χ0v) is 11.3. The number of nitrogens with zero attached hydrogens (tertiary/aromatic N) is 2. The van der Waals surface area contributed by atoms with Gasteiger partial charge in [0.25, 0.3) is 5.91 Å². The second kappa shape index (κ2) is 6.13. The minimum atomic E-state index is -1.21. The number of carbonyl (C=O) groups excluding carboxylic acids is 1. The Kier molecular flexibility index (Phi) is 4.28. The molecule has 2 heterocycles. The lowest BCUT2D eigenvalue weighted by Gasteiger charge is -2.12. The Morgan fingerprint density at radius 2 is 2.33 bits per heavy atom. The molecule has 21 heavy (non-hydrogen) atoms. The number of amides is 1. The van der Waals surface area contributed by atoms with Gasteiger partial charge in [-0.15, -0.1) is 0 Å². The summed E-state index contributed by atoms with van der Waals surface area (Å²) in [6, 6.07) is -0.0494. The highest BCUT2D eigenvalue weighted by Crippen LogP contribution is 2.22. The number of carboxylic acid groups (broad SMARTS) is 1. The van der Waals surface area contributed by atoms with E-state index in [2.05, 4.69) is 15.3 Å². The van der Waals surface area contributed by atoms with E-state index in [-0.39, 0.29) is 17.0 Å². The van der Waals surface area contributed by atoms with Crippen LogP contribution in [0.3, 0.4) is 0 Å². The van der Waals surface area contributed by atoms with Crippen molar-refractivity contribution in [2.45, 2.75) is 12.5 Å². The number of hydrogen-bond donors (Lipinski definition) is 3. The highest BCUT2D eigenvalue weighted by atomic mass is 32.1. The summed E-state index contributed by atoms with van der Waals surface area (Å²) in [7, 11) is 0. The van der Waals surface area contributed by atoms with E-state index < -0.39 is 22.8 Å². The molecule has 1 unspecified atom stereocenters. The molecule has 1 atom stereocenters. The summed E-state index contributed by atoms with van der Waals surface area (Å²) in [5, 5.41) is 23.1. The predicted molar refractivity (Wildman–Crippen MR) is 72.2 cm³/mol. The lowest BCUT2D eigenvalue weighted by atomic mass is 10.1. The summed E-state index contributed by atoms with van der Waals surface area (Å²) in [6.07, 6.45) is 2.89. The Bertz CT molecular complexity index is 666. The number of aromatic nitrogens is 2. The molecule has 10 heteroatoms. The van der Waals surface area contributed by atoms with Gasteiger partial charge >= 0.3 is 11.0 Å². The van der Waals surface area contributed by atoms with Crippen LogP contribution < -0.4 is 5.32 Å². The third-order valence-electron chi connectivity index (χ3n) is 2.61. The Labute approximate surface area is 121 Å². The van der Waals surface area contributed by atoms with Crippen LogP contribution in [0.2, 0.25) is 0 Å². The normalized spacial score (nSPS) is 11.8. The number of thiophene rings is 1. The highest BCUT2D eigenvalue weighted by molar-refractivity contribution is 7.13. The fraction of sp³-hybridized carbons (Fsp3) is 0.182. The van der Waals surface area contributed by atoms with Gasteiger partial charge in [0.15, 0.2) is 0 Å². The van der Waals surface area contributed by atoms with Crippen molar-refractivity contribution in [2.75, 3.05) is 0 Å². The van der Waals surface area contributed by atoms with Gasteiger partial charge in [-0.2, -0.15) is 0 Å². The second-order valence-electron chi connectivity index (χ2n) is 4.08. The third kappa shape index (κ3) is 3.63. The molecule has 0 aliphatic carbocycles. The fourth-order valence-corrected chi connectivity index (χ4v) is 2.30. The van der Waals surface area contributed by atoms with Gasteiger partial charge in [-0.1, -0.05) is 11.3 Å². The molecule has 0 saturated heterocycles. The van der Waals surface area contributed by atoms with Crippen molar-refractivity contribution in [1.82, 2.24) is 15.3 Å². The molecule has 0 aliphatic heterocycles. The summed E-state index contributed by atoms with van der Waals surface area (Å²) < 4.78 is 0. The van der Waals surface area contributed by atoms with Crippen LogP contribution in [0.15, 0.2) is 24.0 Å². The molecule has 0 saturated carbocycles. The number of nitrogens with one attached hydrogen (secondary N) is 2. The number of H-pyrrole nitrogens is 1. The first-order valence-corrected chi connectivity index (χ1v) is 6.59.